The number of nitrogens with zero attached hydrogens (tertiary/aromatic N) is 1. The van der Waals surface area contributed by atoms with Crippen LogP contribution in [0.3, 0.4) is 0 Å². The molecule has 0 saturated carbocycles. The van der Waals surface area contributed by atoms with E-state index in [4.69, 9.17) is 14.3 Å². The molecule has 1 aromatic rings. The van der Waals surface area contributed by atoms with E-state index in [1.165, 1.54) is 0 Å². The Morgan fingerprint density at radius 3 is 2.75 bits per heavy atom. The summed E-state index contributed by atoms with van der Waals surface area (Å²) in [5, 5.41) is 8.75. The number of furan rings is 1. The van der Waals surface area contributed by atoms with E-state index in [0.29, 0.717) is 31.0 Å². The summed E-state index contributed by atoms with van der Waals surface area (Å²) in [6, 6.07) is 1.76. The first-order chi connectivity index (χ1) is 9.24. The normalized spacial score (nSPS) is 14.8. The summed E-state index contributed by atoms with van der Waals surface area (Å²) in [6.45, 7) is 6.33. The number of aliphatic carboxylic acids is 1. The molecule has 0 spiro atoms. The van der Waals surface area contributed by atoms with Crippen molar-refractivity contribution in [2.45, 2.75) is 45.8 Å². The van der Waals surface area contributed by atoms with Gasteiger partial charge in [0, 0.05) is 6.54 Å². The van der Waals surface area contributed by atoms with E-state index in [-0.39, 0.29) is 12.5 Å². The highest BCUT2D eigenvalue weighted by Gasteiger charge is 2.28. The number of ether oxygens (including phenoxy) is 1. The molecular weight excluding hydrogens is 262 g/mol. The number of carbonyl (C=O) groups is 2. The van der Waals surface area contributed by atoms with Crippen LogP contribution < -0.4 is 0 Å². The Hall–Kier alpha value is -1.98. The van der Waals surface area contributed by atoms with E-state index in [1.807, 2.05) is 20.8 Å². The summed E-state index contributed by atoms with van der Waals surface area (Å²) < 4.78 is 10.8. The van der Waals surface area contributed by atoms with Crippen molar-refractivity contribution in [2.75, 3.05) is 6.54 Å². The fourth-order valence-corrected chi connectivity index (χ4v) is 2.10. The minimum Gasteiger partial charge on any atom is -0.481 e. The molecule has 1 aromatic heterocycles. The third-order valence-electron chi connectivity index (χ3n) is 2.91. The maximum absolute atomic E-state index is 12.0. The van der Waals surface area contributed by atoms with Gasteiger partial charge in [0.05, 0.1) is 6.54 Å². The Morgan fingerprint density at radius 1 is 1.45 bits per heavy atom. The van der Waals surface area contributed by atoms with Crippen molar-refractivity contribution < 1.29 is 23.8 Å². The average molecular weight is 281 g/mol. The van der Waals surface area contributed by atoms with Gasteiger partial charge >= 0.3 is 12.1 Å². The maximum Gasteiger partial charge on any atom is 0.410 e. The number of amides is 1. The Kier molecular flexibility index (Phi) is 3.74. The van der Waals surface area contributed by atoms with Crippen molar-refractivity contribution in [1.29, 1.82) is 0 Å². The highest BCUT2D eigenvalue weighted by molar-refractivity contribution is 5.70. The number of hydrogen-bond donors (Lipinski definition) is 1. The van der Waals surface area contributed by atoms with Gasteiger partial charge in [-0.2, -0.15) is 0 Å². The molecule has 0 atom stereocenters. The van der Waals surface area contributed by atoms with Crippen LogP contribution in [0.4, 0.5) is 4.79 Å². The predicted molar refractivity (Wildman–Crippen MR) is 70.4 cm³/mol. The molecule has 2 heterocycles. The minimum atomic E-state index is -0.930. The van der Waals surface area contributed by atoms with Crippen LogP contribution >= 0.6 is 0 Å². The molecule has 1 aliphatic heterocycles. The highest BCUT2D eigenvalue weighted by atomic mass is 16.6. The number of hydrogen-bond acceptors (Lipinski definition) is 4. The van der Waals surface area contributed by atoms with Crippen molar-refractivity contribution >= 4 is 12.1 Å². The number of carboxylic acids is 1. The zero-order valence-corrected chi connectivity index (χ0v) is 11.9. The molecule has 1 aliphatic rings. The number of fused-ring (bicyclic) bond motifs is 1. The van der Waals surface area contributed by atoms with Gasteiger partial charge < -0.3 is 19.2 Å². The van der Waals surface area contributed by atoms with E-state index in [9.17, 15) is 9.59 Å². The SMILES string of the molecule is CC(C)(C)OC(=O)N1CCc2cc(CC(=O)O)oc2C1. The minimum absolute atomic E-state index is 0.139. The van der Waals surface area contributed by atoms with Crippen LogP contribution in [0.5, 0.6) is 0 Å². The van der Waals surface area contributed by atoms with Gasteiger partial charge in [-0.05, 0) is 38.8 Å². The van der Waals surface area contributed by atoms with Gasteiger partial charge in [0.15, 0.2) is 0 Å². The van der Waals surface area contributed by atoms with Crippen molar-refractivity contribution in [1.82, 2.24) is 4.90 Å². The van der Waals surface area contributed by atoms with Crippen molar-refractivity contribution in [3.05, 3.63) is 23.2 Å². The van der Waals surface area contributed by atoms with Crippen molar-refractivity contribution in [3.8, 4) is 0 Å². The summed E-state index contributed by atoms with van der Waals surface area (Å²) in [5.74, 6) is 0.145. The second kappa shape index (κ2) is 5.19. The number of carbonyl (C=O) groups excluding carboxylic acids is 1. The zero-order valence-electron chi connectivity index (χ0n) is 11.9. The van der Waals surface area contributed by atoms with Crippen molar-refractivity contribution in [2.24, 2.45) is 0 Å². The molecule has 1 N–H and O–H groups in total. The molecule has 1 amide bonds. The lowest BCUT2D eigenvalue weighted by molar-refractivity contribution is -0.136. The summed E-state index contributed by atoms with van der Waals surface area (Å²) in [7, 11) is 0. The van der Waals surface area contributed by atoms with Crippen LogP contribution in [0.1, 0.15) is 37.9 Å². The molecule has 110 valence electrons. The van der Waals surface area contributed by atoms with E-state index >= 15 is 0 Å². The van der Waals surface area contributed by atoms with Crippen LogP contribution in [-0.4, -0.2) is 34.2 Å². The van der Waals surface area contributed by atoms with E-state index in [2.05, 4.69) is 0 Å². The van der Waals surface area contributed by atoms with E-state index in [1.54, 1.807) is 11.0 Å². The lowest BCUT2D eigenvalue weighted by Crippen LogP contribution is -2.39. The van der Waals surface area contributed by atoms with Crippen LogP contribution in [-0.2, 0) is 28.9 Å². The monoisotopic (exact) mass is 281 g/mol. The van der Waals surface area contributed by atoms with Gasteiger partial charge in [0.2, 0.25) is 0 Å². The largest absolute Gasteiger partial charge is 0.481 e. The third-order valence-corrected chi connectivity index (χ3v) is 2.91. The summed E-state index contributed by atoms with van der Waals surface area (Å²) >= 11 is 0. The topological polar surface area (TPSA) is 80.0 Å². The van der Waals surface area contributed by atoms with Gasteiger partial charge in [-0.1, -0.05) is 0 Å². The molecule has 2 rings (SSSR count). The quantitative estimate of drug-likeness (QED) is 0.898. The zero-order chi connectivity index (χ0) is 14.9. The first-order valence-electron chi connectivity index (χ1n) is 6.55. The molecule has 0 radical (unpaired) electrons. The third kappa shape index (κ3) is 3.53. The van der Waals surface area contributed by atoms with Gasteiger partial charge in [-0.25, -0.2) is 4.79 Å². The molecule has 6 nitrogen and oxygen atoms in total. The highest BCUT2D eigenvalue weighted by Crippen LogP contribution is 2.24. The lowest BCUT2D eigenvalue weighted by atomic mass is 10.1. The van der Waals surface area contributed by atoms with Crippen LogP contribution in [0.25, 0.3) is 0 Å². The summed E-state index contributed by atoms with van der Waals surface area (Å²) in [4.78, 5) is 24.2. The van der Waals surface area contributed by atoms with Gasteiger partial charge in [0.1, 0.15) is 23.5 Å². The Bertz CT molecular complexity index is 526. The van der Waals surface area contributed by atoms with E-state index < -0.39 is 11.6 Å². The Morgan fingerprint density at radius 2 is 2.15 bits per heavy atom. The van der Waals surface area contributed by atoms with Crippen molar-refractivity contribution in [3.63, 3.8) is 0 Å². The van der Waals surface area contributed by atoms with Crippen LogP contribution in [0.2, 0.25) is 0 Å². The maximum atomic E-state index is 12.0. The van der Waals surface area contributed by atoms with Gasteiger partial charge in [0.25, 0.3) is 0 Å². The standard InChI is InChI=1S/C14H19NO5/c1-14(2,3)20-13(18)15-5-4-9-6-10(7-12(16)17)19-11(9)8-15/h6H,4-5,7-8H2,1-3H3,(H,16,17). The molecule has 6 heteroatoms. The second-order valence-corrected chi connectivity index (χ2v) is 5.88. The fourth-order valence-electron chi connectivity index (χ4n) is 2.10. The molecule has 0 aromatic carbocycles. The summed E-state index contributed by atoms with van der Waals surface area (Å²) in [6.07, 6.45) is 0.135. The van der Waals surface area contributed by atoms with E-state index in [0.717, 1.165) is 5.56 Å². The first-order valence-corrected chi connectivity index (χ1v) is 6.55. The molecule has 0 unspecified atom stereocenters. The average Bonchev–Trinajstić information content (AvgIpc) is 2.66. The predicted octanol–water partition coefficient (Wildman–Crippen LogP) is 2.20. The molecule has 0 bridgehead atoms. The molecule has 0 aliphatic carbocycles. The molecule has 0 fully saturated rings. The Labute approximate surface area is 117 Å². The molecule has 20 heavy (non-hydrogen) atoms. The van der Waals surface area contributed by atoms with Crippen LogP contribution in [0, 0.1) is 0 Å². The van der Waals surface area contributed by atoms with Crippen LogP contribution in [0.15, 0.2) is 10.5 Å². The van der Waals surface area contributed by atoms with Gasteiger partial charge in [-0.3, -0.25) is 4.79 Å². The fraction of sp³-hybridized carbons (Fsp3) is 0.571. The first kappa shape index (κ1) is 14.4. The number of rotatable bonds is 2. The smallest absolute Gasteiger partial charge is 0.410 e. The lowest BCUT2D eigenvalue weighted by Gasteiger charge is -2.29. The summed E-state index contributed by atoms with van der Waals surface area (Å²) in [5.41, 5.74) is 0.440. The Balaban J connectivity index is 2.05. The number of carboxylic acid groups (broad SMARTS) is 1. The molecular formula is C14H19NO5. The molecule has 0 saturated heterocycles. The van der Waals surface area contributed by atoms with Gasteiger partial charge in [-0.15, -0.1) is 0 Å². The second-order valence-electron chi connectivity index (χ2n) is 5.88.